The predicted octanol–water partition coefficient (Wildman–Crippen LogP) is 2.40. The van der Waals surface area contributed by atoms with E-state index in [0.717, 1.165) is 11.1 Å². The van der Waals surface area contributed by atoms with Gasteiger partial charge < -0.3 is 20.9 Å². The van der Waals surface area contributed by atoms with Gasteiger partial charge in [-0.05, 0) is 24.3 Å². The van der Waals surface area contributed by atoms with Crippen LogP contribution < -0.4 is 16.2 Å². The fourth-order valence-corrected chi connectivity index (χ4v) is 3.15. The Bertz CT molecular complexity index is 755. The molecule has 0 unspecified atom stereocenters. The van der Waals surface area contributed by atoms with Crippen LogP contribution in [0.5, 0.6) is 11.5 Å². The van der Waals surface area contributed by atoms with E-state index in [1.54, 1.807) is 18.3 Å². The lowest BCUT2D eigenvalue weighted by atomic mass is 9.80. The van der Waals surface area contributed by atoms with Crippen LogP contribution in [0, 0.1) is 0 Å². The molecule has 2 aliphatic heterocycles. The van der Waals surface area contributed by atoms with Crippen LogP contribution in [0.1, 0.15) is 17.5 Å². The zero-order chi connectivity index (χ0) is 15.3. The van der Waals surface area contributed by atoms with Crippen LogP contribution in [-0.2, 0) is 10.3 Å². The number of aromatic nitrogens is 1. The molecule has 22 heavy (non-hydrogen) atoms. The molecular formula is C15H13ClN4O2. The fourth-order valence-electron chi connectivity index (χ4n) is 2.99. The Balaban J connectivity index is 2.01. The van der Waals surface area contributed by atoms with Crippen LogP contribution >= 0.6 is 11.6 Å². The Labute approximate surface area is 131 Å². The van der Waals surface area contributed by atoms with Crippen molar-refractivity contribution in [2.75, 3.05) is 12.3 Å². The molecule has 3 heterocycles. The second kappa shape index (κ2) is 4.51. The lowest BCUT2D eigenvalue weighted by molar-refractivity contribution is 0.0635. The first-order valence-electron chi connectivity index (χ1n) is 6.81. The summed E-state index contributed by atoms with van der Waals surface area (Å²) in [6.45, 7) is 0.541. The molecule has 0 bridgehead atoms. The number of amidine groups is 1. The van der Waals surface area contributed by atoms with Gasteiger partial charge in [-0.2, -0.15) is 0 Å². The molecule has 0 radical (unpaired) electrons. The molecule has 4 rings (SSSR count). The second-order valence-corrected chi connectivity index (χ2v) is 5.65. The summed E-state index contributed by atoms with van der Waals surface area (Å²) >= 11 is 6.07. The number of nitrogens with two attached hydrogens (primary N) is 2. The van der Waals surface area contributed by atoms with E-state index < -0.39 is 5.60 Å². The first kappa shape index (κ1) is 13.2. The number of aliphatic imine (C=N–C) groups is 1. The third-order valence-corrected chi connectivity index (χ3v) is 4.14. The minimum Gasteiger partial charge on any atom is -0.455 e. The molecule has 0 amide bonds. The number of pyridine rings is 1. The monoisotopic (exact) mass is 316 g/mol. The van der Waals surface area contributed by atoms with Gasteiger partial charge in [-0.25, -0.2) is 9.98 Å². The van der Waals surface area contributed by atoms with Crippen molar-refractivity contribution in [3.8, 4) is 11.5 Å². The molecule has 1 aromatic heterocycles. The number of fused-ring (bicyclic) bond motifs is 4. The lowest BCUT2D eigenvalue weighted by Gasteiger charge is -2.41. The molecule has 0 fully saturated rings. The van der Waals surface area contributed by atoms with Crippen molar-refractivity contribution in [1.82, 2.24) is 4.98 Å². The summed E-state index contributed by atoms with van der Waals surface area (Å²) in [5.74, 6) is 1.26. The van der Waals surface area contributed by atoms with Gasteiger partial charge in [0.15, 0.2) is 11.4 Å². The summed E-state index contributed by atoms with van der Waals surface area (Å²) < 4.78 is 11.9. The summed E-state index contributed by atoms with van der Waals surface area (Å²) in [5.41, 5.74) is 13.2. The van der Waals surface area contributed by atoms with Gasteiger partial charge in [-0.1, -0.05) is 11.6 Å². The Morgan fingerprint density at radius 3 is 2.77 bits per heavy atom. The molecule has 0 saturated carbocycles. The minimum atomic E-state index is -0.809. The molecule has 7 heteroatoms. The maximum absolute atomic E-state index is 6.07. The first-order chi connectivity index (χ1) is 10.6. The predicted molar refractivity (Wildman–Crippen MR) is 83.1 cm³/mol. The van der Waals surface area contributed by atoms with Crippen molar-refractivity contribution in [3.63, 3.8) is 0 Å². The zero-order valence-electron chi connectivity index (χ0n) is 11.5. The van der Waals surface area contributed by atoms with E-state index >= 15 is 0 Å². The third-order valence-electron chi connectivity index (χ3n) is 3.94. The van der Waals surface area contributed by atoms with Crippen LogP contribution in [-0.4, -0.2) is 17.6 Å². The number of hydrogen-bond acceptors (Lipinski definition) is 6. The number of halogens is 1. The fraction of sp³-hybridized carbons (Fsp3) is 0.200. The van der Waals surface area contributed by atoms with Crippen LogP contribution in [0.25, 0.3) is 0 Å². The number of benzene rings is 1. The van der Waals surface area contributed by atoms with Gasteiger partial charge >= 0.3 is 0 Å². The van der Waals surface area contributed by atoms with Crippen LogP contribution in [0.3, 0.4) is 0 Å². The van der Waals surface area contributed by atoms with Crippen molar-refractivity contribution < 1.29 is 9.47 Å². The molecule has 2 aliphatic rings. The van der Waals surface area contributed by atoms with E-state index in [4.69, 9.17) is 32.5 Å². The SMILES string of the molecule is NC1=NCC[C@]2(O1)c1cc(N)ccc1Oc1cnc(Cl)cc12. The number of rotatable bonds is 0. The Hall–Kier alpha value is -2.47. The Morgan fingerprint density at radius 2 is 1.95 bits per heavy atom. The smallest absolute Gasteiger partial charge is 0.283 e. The van der Waals surface area contributed by atoms with E-state index in [1.165, 1.54) is 0 Å². The van der Waals surface area contributed by atoms with Gasteiger partial charge in [0.05, 0.1) is 6.20 Å². The Kier molecular flexibility index (Phi) is 2.71. The van der Waals surface area contributed by atoms with Gasteiger partial charge in [0.2, 0.25) is 0 Å². The highest BCUT2D eigenvalue weighted by molar-refractivity contribution is 6.29. The van der Waals surface area contributed by atoms with Crippen LogP contribution in [0.2, 0.25) is 5.15 Å². The molecule has 4 N–H and O–H groups in total. The Morgan fingerprint density at radius 1 is 1.14 bits per heavy atom. The standard InChI is InChI=1S/C15H13ClN4O2/c16-13-6-10-12(7-20-13)21-11-2-1-8(17)5-9(11)15(10)3-4-19-14(18)22-15/h1-2,5-7H,3-4,17H2,(H2,18,19)/t15-/m0/s1. The van der Waals surface area contributed by atoms with Gasteiger partial charge in [0.1, 0.15) is 10.9 Å². The zero-order valence-corrected chi connectivity index (χ0v) is 12.3. The molecule has 6 nitrogen and oxygen atoms in total. The summed E-state index contributed by atoms with van der Waals surface area (Å²) in [5, 5.41) is 0.360. The van der Waals surface area contributed by atoms with Gasteiger partial charge in [-0.3, -0.25) is 0 Å². The largest absolute Gasteiger partial charge is 0.455 e. The molecule has 2 aromatic rings. The average Bonchev–Trinajstić information content (AvgIpc) is 2.49. The maximum Gasteiger partial charge on any atom is 0.283 e. The van der Waals surface area contributed by atoms with E-state index in [2.05, 4.69) is 9.98 Å². The number of ether oxygens (including phenoxy) is 2. The minimum absolute atomic E-state index is 0.139. The maximum atomic E-state index is 6.07. The molecule has 1 spiro atoms. The number of nitrogen functional groups attached to an aromatic ring is 1. The van der Waals surface area contributed by atoms with Crippen molar-refractivity contribution in [2.45, 2.75) is 12.0 Å². The van der Waals surface area contributed by atoms with Gasteiger partial charge in [-0.15, -0.1) is 0 Å². The van der Waals surface area contributed by atoms with Crippen molar-refractivity contribution >= 4 is 23.3 Å². The summed E-state index contributed by atoms with van der Waals surface area (Å²) in [7, 11) is 0. The van der Waals surface area contributed by atoms with Gasteiger partial charge in [0.25, 0.3) is 6.02 Å². The highest BCUT2D eigenvalue weighted by atomic mass is 35.5. The van der Waals surface area contributed by atoms with Crippen molar-refractivity contribution in [3.05, 3.63) is 46.7 Å². The molecule has 1 atom stereocenters. The average molecular weight is 317 g/mol. The summed E-state index contributed by atoms with van der Waals surface area (Å²) in [6, 6.07) is 7.31. The number of hydrogen-bond donors (Lipinski definition) is 2. The van der Waals surface area contributed by atoms with Crippen LogP contribution in [0.4, 0.5) is 5.69 Å². The van der Waals surface area contributed by atoms with E-state index in [-0.39, 0.29) is 6.02 Å². The van der Waals surface area contributed by atoms with E-state index in [0.29, 0.717) is 35.3 Å². The van der Waals surface area contributed by atoms with Crippen molar-refractivity contribution in [2.24, 2.45) is 10.7 Å². The van der Waals surface area contributed by atoms with E-state index in [9.17, 15) is 0 Å². The molecule has 0 aliphatic carbocycles. The normalized spacial score (nSPS) is 22.1. The second-order valence-electron chi connectivity index (χ2n) is 5.26. The molecule has 112 valence electrons. The summed E-state index contributed by atoms with van der Waals surface area (Å²) in [4.78, 5) is 8.20. The van der Waals surface area contributed by atoms with Crippen molar-refractivity contribution in [1.29, 1.82) is 0 Å². The number of anilines is 1. The first-order valence-corrected chi connectivity index (χ1v) is 7.19. The third kappa shape index (κ3) is 1.80. The molecule has 1 aromatic carbocycles. The van der Waals surface area contributed by atoms with E-state index in [1.807, 2.05) is 12.1 Å². The highest BCUT2D eigenvalue weighted by Crippen LogP contribution is 2.52. The topological polar surface area (TPSA) is 95.8 Å². The van der Waals surface area contributed by atoms with Gasteiger partial charge in [0, 0.05) is 29.8 Å². The molecular weight excluding hydrogens is 304 g/mol. The van der Waals surface area contributed by atoms with Crippen LogP contribution in [0.15, 0.2) is 35.5 Å². The molecule has 0 saturated heterocycles. The highest BCUT2D eigenvalue weighted by Gasteiger charge is 2.46. The quantitative estimate of drug-likeness (QED) is 0.574. The lowest BCUT2D eigenvalue weighted by Crippen LogP contribution is -2.42. The summed E-state index contributed by atoms with van der Waals surface area (Å²) in [6.07, 6.45) is 2.20. The number of nitrogens with zero attached hydrogens (tertiary/aromatic N) is 2.